The Morgan fingerprint density at radius 3 is 2.96 bits per heavy atom. The summed E-state index contributed by atoms with van der Waals surface area (Å²) in [4.78, 5) is 5.83. The number of nitrogens with zero attached hydrogens (tertiary/aromatic N) is 1. The van der Waals surface area contributed by atoms with E-state index in [1.165, 1.54) is 11.3 Å². The van der Waals surface area contributed by atoms with E-state index in [-0.39, 0.29) is 6.61 Å². The topological polar surface area (TPSA) is 68.7 Å². The smallest absolute Gasteiger partial charge is 0.0642 e. The van der Waals surface area contributed by atoms with Crippen LogP contribution >= 0.6 is 11.6 Å². The van der Waals surface area contributed by atoms with Crippen molar-refractivity contribution in [2.24, 2.45) is 5.41 Å². The van der Waals surface area contributed by atoms with Gasteiger partial charge in [-0.2, -0.15) is 0 Å². The van der Waals surface area contributed by atoms with E-state index in [2.05, 4.69) is 16.8 Å². The summed E-state index contributed by atoms with van der Waals surface area (Å²) in [6.07, 6.45) is 1.81. The number of ether oxygens (including phenoxy) is 1. The summed E-state index contributed by atoms with van der Waals surface area (Å²) in [6, 6.07) is 5.90. The molecule has 1 aromatic carbocycles. The van der Waals surface area contributed by atoms with Gasteiger partial charge in [-0.1, -0.05) is 11.6 Å². The average molecular weight is 381 g/mol. The van der Waals surface area contributed by atoms with Crippen molar-refractivity contribution in [3.63, 3.8) is 0 Å². The summed E-state index contributed by atoms with van der Waals surface area (Å²) < 4.78 is 5.15. The van der Waals surface area contributed by atoms with Crippen LogP contribution in [0, 0.1) is 12.3 Å². The molecule has 144 valence electrons. The fourth-order valence-corrected chi connectivity index (χ4v) is 4.33. The number of benzene rings is 1. The molecule has 0 unspecified atom stereocenters. The normalized spacial score (nSPS) is 24.4. The maximum absolute atomic E-state index is 10.6. The Kier molecular flexibility index (Phi) is 6.25. The zero-order valence-electron chi connectivity index (χ0n) is 15.6. The lowest BCUT2D eigenvalue weighted by atomic mass is 9.74. The van der Waals surface area contributed by atoms with Crippen molar-refractivity contribution in [2.75, 3.05) is 33.4 Å². The second-order valence-electron chi connectivity index (χ2n) is 7.55. The van der Waals surface area contributed by atoms with Crippen molar-refractivity contribution in [3.8, 4) is 0 Å². The molecule has 6 heteroatoms. The van der Waals surface area contributed by atoms with Gasteiger partial charge in [-0.25, -0.2) is 0 Å². The van der Waals surface area contributed by atoms with Crippen LogP contribution in [-0.4, -0.2) is 59.6 Å². The lowest BCUT2D eigenvalue weighted by molar-refractivity contribution is -0.0845. The monoisotopic (exact) mass is 380 g/mol. The molecule has 0 radical (unpaired) electrons. The van der Waals surface area contributed by atoms with Gasteiger partial charge in [0.2, 0.25) is 0 Å². The Hall–Kier alpha value is -1.11. The number of aliphatic hydroxyl groups excluding tert-OH is 2. The fraction of sp³-hybridized carbons (Fsp3) is 0.600. The van der Waals surface area contributed by atoms with Gasteiger partial charge < -0.3 is 19.9 Å². The number of likely N-dealkylation sites (tertiary alicyclic amines) is 1. The number of aliphatic hydroxyl groups is 2. The van der Waals surface area contributed by atoms with Gasteiger partial charge >= 0.3 is 0 Å². The quantitative estimate of drug-likeness (QED) is 0.645. The second-order valence-corrected chi connectivity index (χ2v) is 7.99. The SMILES string of the molecule is COCCC[C@@]1(CO)CN(Cc2[nH]c3ccc(Cl)cc3c2C)CC[C@H]1O. The van der Waals surface area contributed by atoms with Crippen LogP contribution < -0.4 is 0 Å². The Morgan fingerprint density at radius 1 is 1.42 bits per heavy atom. The van der Waals surface area contributed by atoms with E-state index in [9.17, 15) is 10.2 Å². The Morgan fingerprint density at radius 2 is 2.23 bits per heavy atom. The predicted molar refractivity (Wildman–Crippen MR) is 105 cm³/mol. The molecule has 2 atom stereocenters. The van der Waals surface area contributed by atoms with Gasteiger partial charge in [-0.3, -0.25) is 4.90 Å². The van der Waals surface area contributed by atoms with E-state index in [4.69, 9.17) is 16.3 Å². The van der Waals surface area contributed by atoms with Crippen molar-refractivity contribution >= 4 is 22.5 Å². The second kappa shape index (κ2) is 8.28. The number of hydrogen-bond acceptors (Lipinski definition) is 4. The summed E-state index contributed by atoms with van der Waals surface area (Å²) in [5.74, 6) is 0. The molecule has 2 heterocycles. The van der Waals surface area contributed by atoms with Crippen LogP contribution in [0.3, 0.4) is 0 Å². The average Bonchev–Trinajstić information content (AvgIpc) is 2.93. The number of rotatable bonds is 7. The molecule has 0 saturated carbocycles. The third kappa shape index (κ3) is 3.92. The number of H-pyrrole nitrogens is 1. The predicted octanol–water partition coefficient (Wildman–Crippen LogP) is 3.10. The van der Waals surface area contributed by atoms with Crippen molar-refractivity contribution in [2.45, 2.75) is 38.8 Å². The third-order valence-corrected chi connectivity index (χ3v) is 6.04. The summed E-state index contributed by atoms with van der Waals surface area (Å²) >= 11 is 6.13. The summed E-state index contributed by atoms with van der Waals surface area (Å²) in [7, 11) is 1.68. The minimum atomic E-state index is -0.472. The number of aromatic nitrogens is 1. The number of methoxy groups -OCH3 is 1. The van der Waals surface area contributed by atoms with E-state index in [0.717, 1.165) is 41.9 Å². The first-order valence-electron chi connectivity index (χ1n) is 9.26. The van der Waals surface area contributed by atoms with Gasteiger partial charge in [0.05, 0.1) is 12.7 Å². The van der Waals surface area contributed by atoms with Crippen LogP contribution in [0.25, 0.3) is 10.9 Å². The fourth-order valence-electron chi connectivity index (χ4n) is 4.16. The van der Waals surface area contributed by atoms with Gasteiger partial charge in [0.15, 0.2) is 0 Å². The molecule has 0 amide bonds. The molecule has 3 N–H and O–H groups in total. The van der Waals surface area contributed by atoms with Crippen LogP contribution in [0.2, 0.25) is 5.02 Å². The molecule has 1 saturated heterocycles. The maximum Gasteiger partial charge on any atom is 0.0642 e. The maximum atomic E-state index is 10.6. The molecular weight excluding hydrogens is 352 g/mol. The highest BCUT2D eigenvalue weighted by Gasteiger charge is 2.42. The Bertz CT molecular complexity index is 748. The van der Waals surface area contributed by atoms with Crippen molar-refractivity contribution < 1.29 is 14.9 Å². The number of halogens is 1. The molecule has 1 fully saturated rings. The van der Waals surface area contributed by atoms with E-state index in [0.29, 0.717) is 19.6 Å². The molecule has 0 aliphatic carbocycles. The number of hydrogen-bond donors (Lipinski definition) is 3. The van der Waals surface area contributed by atoms with Gasteiger partial charge in [0, 0.05) is 60.4 Å². The van der Waals surface area contributed by atoms with Crippen LogP contribution in [0.15, 0.2) is 18.2 Å². The number of piperidine rings is 1. The molecule has 1 aliphatic heterocycles. The Balaban J connectivity index is 1.76. The lowest BCUT2D eigenvalue weighted by Gasteiger charge is -2.45. The first-order valence-corrected chi connectivity index (χ1v) is 9.64. The highest BCUT2D eigenvalue weighted by atomic mass is 35.5. The first-order chi connectivity index (χ1) is 12.5. The zero-order valence-corrected chi connectivity index (χ0v) is 16.4. The van der Waals surface area contributed by atoms with E-state index in [1.807, 2.05) is 18.2 Å². The molecule has 0 bridgehead atoms. The molecule has 26 heavy (non-hydrogen) atoms. The molecule has 2 aromatic rings. The highest BCUT2D eigenvalue weighted by molar-refractivity contribution is 6.31. The first kappa shape index (κ1) is 19.6. The summed E-state index contributed by atoms with van der Waals surface area (Å²) in [6.45, 7) is 5.04. The van der Waals surface area contributed by atoms with Crippen molar-refractivity contribution in [1.29, 1.82) is 0 Å². The number of aromatic amines is 1. The minimum absolute atomic E-state index is 0.00429. The van der Waals surface area contributed by atoms with Crippen LogP contribution in [-0.2, 0) is 11.3 Å². The van der Waals surface area contributed by atoms with Crippen LogP contribution in [0.5, 0.6) is 0 Å². The van der Waals surface area contributed by atoms with Crippen molar-refractivity contribution in [1.82, 2.24) is 9.88 Å². The molecule has 0 spiro atoms. The van der Waals surface area contributed by atoms with Gasteiger partial charge in [-0.05, 0) is 49.9 Å². The zero-order chi connectivity index (χ0) is 18.7. The third-order valence-electron chi connectivity index (χ3n) is 5.81. The summed E-state index contributed by atoms with van der Waals surface area (Å²) in [5, 5.41) is 22.5. The van der Waals surface area contributed by atoms with Crippen molar-refractivity contribution in [3.05, 3.63) is 34.5 Å². The molecule has 5 nitrogen and oxygen atoms in total. The largest absolute Gasteiger partial charge is 0.396 e. The minimum Gasteiger partial charge on any atom is -0.396 e. The molecular formula is C20H29ClN2O3. The standard InChI is InChI=1S/C20H29ClN2O3/c1-14-16-10-15(21)4-5-17(16)22-18(14)11-23-8-6-19(25)20(12-23,13-24)7-3-9-26-2/h4-5,10,19,22,24-25H,3,6-9,11-13H2,1-2H3/t19-,20+/m1/s1. The summed E-state index contributed by atoms with van der Waals surface area (Å²) in [5.41, 5.74) is 3.00. The van der Waals surface area contributed by atoms with Gasteiger partial charge in [0.1, 0.15) is 0 Å². The molecule has 1 aromatic heterocycles. The van der Waals surface area contributed by atoms with Crippen LogP contribution in [0.1, 0.15) is 30.5 Å². The van der Waals surface area contributed by atoms with Crippen LogP contribution in [0.4, 0.5) is 0 Å². The van der Waals surface area contributed by atoms with E-state index < -0.39 is 11.5 Å². The molecule has 3 rings (SSSR count). The van der Waals surface area contributed by atoms with E-state index in [1.54, 1.807) is 7.11 Å². The van der Waals surface area contributed by atoms with Gasteiger partial charge in [0.25, 0.3) is 0 Å². The molecule has 1 aliphatic rings. The number of aryl methyl sites for hydroxylation is 1. The number of nitrogens with one attached hydrogen (secondary N) is 1. The number of fused-ring (bicyclic) bond motifs is 1. The Labute approximate surface area is 159 Å². The van der Waals surface area contributed by atoms with Gasteiger partial charge in [-0.15, -0.1) is 0 Å². The lowest BCUT2D eigenvalue weighted by Crippen LogP contribution is -2.53. The highest BCUT2D eigenvalue weighted by Crippen LogP contribution is 2.36. The van der Waals surface area contributed by atoms with E-state index >= 15 is 0 Å².